The van der Waals surface area contributed by atoms with Gasteiger partial charge in [-0.05, 0) is 61.7 Å². The van der Waals surface area contributed by atoms with Crippen molar-refractivity contribution in [3.05, 3.63) is 53.1 Å². The van der Waals surface area contributed by atoms with E-state index in [0.29, 0.717) is 17.1 Å². The molecular weight excluding hydrogens is 280 g/mol. The highest BCUT2D eigenvalue weighted by Crippen LogP contribution is 2.23. The largest absolute Gasteiger partial charge is 0.397 e. The summed E-state index contributed by atoms with van der Waals surface area (Å²) in [5, 5.41) is 2.85. The number of anilines is 2. The van der Waals surface area contributed by atoms with Gasteiger partial charge in [0.2, 0.25) is 5.91 Å². The number of thioether (sulfide) groups is 1. The van der Waals surface area contributed by atoms with E-state index in [9.17, 15) is 4.79 Å². The molecule has 0 saturated heterocycles. The van der Waals surface area contributed by atoms with Crippen LogP contribution in [-0.2, 0) is 4.79 Å². The molecule has 0 atom stereocenters. The van der Waals surface area contributed by atoms with Crippen molar-refractivity contribution >= 4 is 29.0 Å². The third-order valence-corrected chi connectivity index (χ3v) is 4.32. The van der Waals surface area contributed by atoms with Gasteiger partial charge < -0.3 is 11.1 Å². The first-order chi connectivity index (χ1) is 9.95. The van der Waals surface area contributed by atoms with Gasteiger partial charge in [0.1, 0.15) is 0 Å². The molecule has 0 aliphatic carbocycles. The van der Waals surface area contributed by atoms with Crippen LogP contribution in [0.15, 0.2) is 41.3 Å². The smallest absolute Gasteiger partial charge is 0.234 e. The SMILES string of the molecule is Cc1ccc(NC(=O)CSc2ccc(C)c(C)c2)c(N)c1. The lowest BCUT2D eigenvalue weighted by Crippen LogP contribution is -2.15. The van der Waals surface area contributed by atoms with Crippen LogP contribution in [0.4, 0.5) is 11.4 Å². The number of amides is 1. The van der Waals surface area contributed by atoms with Gasteiger partial charge in [0, 0.05) is 4.90 Å². The van der Waals surface area contributed by atoms with Crippen LogP contribution in [0.2, 0.25) is 0 Å². The number of benzene rings is 2. The quantitative estimate of drug-likeness (QED) is 0.664. The van der Waals surface area contributed by atoms with Gasteiger partial charge >= 0.3 is 0 Å². The van der Waals surface area contributed by atoms with Gasteiger partial charge in [0.25, 0.3) is 0 Å². The van der Waals surface area contributed by atoms with Gasteiger partial charge in [-0.15, -0.1) is 11.8 Å². The third-order valence-electron chi connectivity index (χ3n) is 3.33. The molecular formula is C17H20N2OS. The Kier molecular flexibility index (Phi) is 4.91. The zero-order valence-corrected chi connectivity index (χ0v) is 13.4. The molecule has 110 valence electrons. The fourth-order valence-electron chi connectivity index (χ4n) is 1.93. The van der Waals surface area contributed by atoms with Crippen LogP contribution in [0.25, 0.3) is 0 Å². The molecule has 0 fully saturated rings. The van der Waals surface area contributed by atoms with Crippen LogP contribution < -0.4 is 11.1 Å². The molecule has 0 spiro atoms. The second-order valence-corrected chi connectivity index (χ2v) is 6.22. The second-order valence-electron chi connectivity index (χ2n) is 5.17. The third kappa shape index (κ3) is 4.26. The molecule has 4 heteroatoms. The lowest BCUT2D eigenvalue weighted by atomic mass is 10.1. The maximum atomic E-state index is 12.0. The fourth-order valence-corrected chi connectivity index (χ4v) is 2.73. The van der Waals surface area contributed by atoms with Crippen LogP contribution >= 0.6 is 11.8 Å². The highest BCUT2D eigenvalue weighted by Gasteiger charge is 2.07. The van der Waals surface area contributed by atoms with Crippen molar-refractivity contribution in [2.24, 2.45) is 0 Å². The Labute approximate surface area is 129 Å². The van der Waals surface area contributed by atoms with Crippen molar-refractivity contribution in [1.82, 2.24) is 0 Å². The fraction of sp³-hybridized carbons (Fsp3) is 0.235. The van der Waals surface area contributed by atoms with Crippen molar-refractivity contribution in [1.29, 1.82) is 0 Å². The highest BCUT2D eigenvalue weighted by molar-refractivity contribution is 8.00. The van der Waals surface area contributed by atoms with E-state index in [2.05, 4.69) is 31.3 Å². The molecule has 0 unspecified atom stereocenters. The van der Waals surface area contributed by atoms with E-state index in [4.69, 9.17) is 5.73 Å². The molecule has 21 heavy (non-hydrogen) atoms. The maximum Gasteiger partial charge on any atom is 0.234 e. The molecule has 2 aromatic carbocycles. The Bertz CT molecular complexity index is 668. The number of rotatable bonds is 4. The van der Waals surface area contributed by atoms with Crippen molar-refractivity contribution in [3.8, 4) is 0 Å². The summed E-state index contributed by atoms with van der Waals surface area (Å²) in [7, 11) is 0. The second kappa shape index (κ2) is 6.68. The van der Waals surface area contributed by atoms with E-state index < -0.39 is 0 Å². The summed E-state index contributed by atoms with van der Waals surface area (Å²) in [6, 6.07) is 11.8. The zero-order chi connectivity index (χ0) is 15.4. The van der Waals surface area contributed by atoms with Gasteiger partial charge in [-0.1, -0.05) is 12.1 Å². The number of nitrogens with one attached hydrogen (secondary N) is 1. The molecule has 2 rings (SSSR count). The summed E-state index contributed by atoms with van der Waals surface area (Å²) in [4.78, 5) is 13.1. The molecule has 0 saturated carbocycles. The van der Waals surface area contributed by atoms with Crippen LogP contribution in [-0.4, -0.2) is 11.7 Å². The lowest BCUT2D eigenvalue weighted by molar-refractivity contribution is -0.113. The summed E-state index contributed by atoms with van der Waals surface area (Å²) >= 11 is 1.53. The molecule has 0 heterocycles. The number of hydrogen-bond acceptors (Lipinski definition) is 3. The van der Waals surface area contributed by atoms with Crippen LogP contribution in [0.3, 0.4) is 0 Å². The predicted molar refractivity (Wildman–Crippen MR) is 90.9 cm³/mol. The normalized spacial score (nSPS) is 10.4. The topological polar surface area (TPSA) is 55.1 Å². The monoisotopic (exact) mass is 300 g/mol. The predicted octanol–water partition coefficient (Wildman–Crippen LogP) is 3.92. The molecule has 0 aromatic heterocycles. The van der Waals surface area contributed by atoms with E-state index in [1.807, 2.05) is 31.2 Å². The van der Waals surface area contributed by atoms with E-state index in [0.717, 1.165) is 10.5 Å². The first-order valence-electron chi connectivity index (χ1n) is 6.82. The number of hydrogen-bond donors (Lipinski definition) is 2. The van der Waals surface area contributed by atoms with Crippen LogP contribution in [0.5, 0.6) is 0 Å². The molecule has 3 nitrogen and oxygen atoms in total. The molecule has 0 aliphatic rings. The van der Waals surface area contributed by atoms with Crippen molar-refractivity contribution in [2.45, 2.75) is 25.7 Å². The number of carbonyl (C=O) groups is 1. The Morgan fingerprint density at radius 2 is 1.86 bits per heavy atom. The van der Waals surface area contributed by atoms with E-state index in [1.54, 1.807) is 0 Å². The standard InChI is InChI=1S/C17H20N2OS/c1-11-4-7-16(15(18)8-11)19-17(20)10-21-14-6-5-12(2)13(3)9-14/h4-9H,10,18H2,1-3H3,(H,19,20). The highest BCUT2D eigenvalue weighted by atomic mass is 32.2. The molecule has 3 N–H and O–H groups in total. The molecule has 0 radical (unpaired) electrons. The van der Waals surface area contributed by atoms with Gasteiger partial charge in [-0.2, -0.15) is 0 Å². The van der Waals surface area contributed by atoms with Crippen molar-refractivity contribution < 1.29 is 4.79 Å². The number of nitrogen functional groups attached to an aromatic ring is 1. The van der Waals surface area contributed by atoms with Crippen molar-refractivity contribution in [3.63, 3.8) is 0 Å². The summed E-state index contributed by atoms with van der Waals surface area (Å²) in [5.41, 5.74) is 10.7. The maximum absolute atomic E-state index is 12.0. The van der Waals surface area contributed by atoms with Gasteiger partial charge in [-0.3, -0.25) is 4.79 Å². The Morgan fingerprint density at radius 1 is 1.10 bits per heavy atom. The zero-order valence-electron chi connectivity index (χ0n) is 12.6. The van der Waals surface area contributed by atoms with Crippen molar-refractivity contribution in [2.75, 3.05) is 16.8 Å². The van der Waals surface area contributed by atoms with E-state index >= 15 is 0 Å². The Balaban J connectivity index is 1.94. The molecule has 0 aliphatic heterocycles. The number of aryl methyl sites for hydroxylation is 3. The first-order valence-corrected chi connectivity index (χ1v) is 7.80. The Morgan fingerprint density at radius 3 is 2.52 bits per heavy atom. The van der Waals surface area contributed by atoms with Gasteiger partial charge in [0.05, 0.1) is 17.1 Å². The Hall–Kier alpha value is -1.94. The van der Waals surface area contributed by atoms with Gasteiger partial charge in [0.15, 0.2) is 0 Å². The minimum Gasteiger partial charge on any atom is -0.397 e. The van der Waals surface area contributed by atoms with Gasteiger partial charge in [-0.25, -0.2) is 0 Å². The average molecular weight is 300 g/mol. The van der Waals surface area contributed by atoms with E-state index in [1.165, 1.54) is 22.9 Å². The summed E-state index contributed by atoms with van der Waals surface area (Å²) in [5.74, 6) is 0.323. The summed E-state index contributed by atoms with van der Waals surface area (Å²) < 4.78 is 0. The summed E-state index contributed by atoms with van der Waals surface area (Å²) in [6.07, 6.45) is 0. The number of carbonyl (C=O) groups excluding carboxylic acids is 1. The molecule has 0 bridgehead atoms. The lowest BCUT2D eigenvalue weighted by Gasteiger charge is -2.09. The minimum atomic E-state index is -0.0474. The first kappa shape index (κ1) is 15.4. The number of nitrogens with two attached hydrogens (primary N) is 1. The van der Waals surface area contributed by atoms with Crippen LogP contribution in [0, 0.1) is 20.8 Å². The van der Waals surface area contributed by atoms with Crippen LogP contribution in [0.1, 0.15) is 16.7 Å². The minimum absolute atomic E-state index is 0.0474. The van der Waals surface area contributed by atoms with E-state index in [-0.39, 0.29) is 5.91 Å². The summed E-state index contributed by atoms with van der Waals surface area (Å²) in [6.45, 7) is 6.13. The average Bonchev–Trinajstić information content (AvgIpc) is 2.43. The molecule has 2 aromatic rings. The molecule has 1 amide bonds.